The first-order chi connectivity index (χ1) is 26.9. The molecule has 4 N–H and O–H groups in total. The molecule has 0 fully saturated rings. The highest BCUT2D eigenvalue weighted by molar-refractivity contribution is 6.30. The van der Waals surface area contributed by atoms with Crippen molar-refractivity contribution in [2.75, 3.05) is 22.9 Å². The monoisotopic (exact) mass is 764 g/mol. The standard InChI is InChI=1S/C25H28N2O.C24H25ClN2O/c1-18-9-12-21(13-10-18)15-16-27(23-14-11-19(2)20(3)17-23)25(28)24(26)22-7-5-4-6-8-22;1-17-8-13-22(16-18(17)2)27(15-14-19-9-11-21(25)12-10-19)24(28)23(26)20-6-4-3-5-7-20/h4-14,17,24H,15-16,26H2,1-3H3;3-13,16,23H,14-15,26H2,1-2H3. The molecule has 0 bridgehead atoms. The highest BCUT2D eigenvalue weighted by atomic mass is 35.5. The van der Waals surface area contributed by atoms with Crippen LogP contribution in [0.2, 0.25) is 5.02 Å². The fourth-order valence-corrected chi connectivity index (χ4v) is 6.48. The first-order valence-corrected chi connectivity index (χ1v) is 19.5. The van der Waals surface area contributed by atoms with Crippen molar-refractivity contribution < 1.29 is 9.59 Å². The van der Waals surface area contributed by atoms with Crippen molar-refractivity contribution >= 4 is 34.8 Å². The van der Waals surface area contributed by atoms with Crippen molar-refractivity contribution in [1.29, 1.82) is 0 Å². The maximum atomic E-state index is 13.3. The molecule has 0 aliphatic heterocycles. The van der Waals surface area contributed by atoms with E-state index in [1.165, 1.54) is 27.8 Å². The zero-order valence-corrected chi connectivity index (χ0v) is 33.8. The summed E-state index contributed by atoms with van der Waals surface area (Å²) in [4.78, 5) is 30.2. The topological polar surface area (TPSA) is 92.7 Å². The molecule has 2 atom stereocenters. The Morgan fingerprint density at radius 3 is 1.25 bits per heavy atom. The fraction of sp³-hybridized carbons (Fsp3) is 0.224. The molecular formula is C49H53ClN4O2. The Morgan fingerprint density at radius 1 is 0.500 bits per heavy atom. The Balaban J connectivity index is 0.000000214. The summed E-state index contributed by atoms with van der Waals surface area (Å²) in [7, 11) is 0. The van der Waals surface area contributed by atoms with Crippen LogP contribution in [0, 0.1) is 34.6 Å². The largest absolute Gasteiger partial charge is 0.316 e. The average molecular weight is 765 g/mol. The van der Waals surface area contributed by atoms with Crippen LogP contribution in [0.5, 0.6) is 0 Å². The number of benzene rings is 6. The third kappa shape index (κ3) is 11.3. The molecule has 2 amide bonds. The van der Waals surface area contributed by atoms with Crippen molar-refractivity contribution in [3.05, 3.63) is 201 Å². The predicted octanol–water partition coefficient (Wildman–Crippen LogP) is 10.1. The Morgan fingerprint density at radius 2 is 0.875 bits per heavy atom. The molecule has 56 heavy (non-hydrogen) atoms. The third-order valence-corrected chi connectivity index (χ3v) is 10.5. The molecule has 0 saturated heterocycles. The van der Waals surface area contributed by atoms with Crippen molar-refractivity contribution in [1.82, 2.24) is 0 Å². The van der Waals surface area contributed by atoms with Gasteiger partial charge >= 0.3 is 0 Å². The molecule has 0 aliphatic carbocycles. The summed E-state index contributed by atoms with van der Waals surface area (Å²) in [5.74, 6) is -0.190. The van der Waals surface area contributed by atoms with Gasteiger partial charge in [0.1, 0.15) is 12.1 Å². The van der Waals surface area contributed by atoms with E-state index >= 15 is 0 Å². The second-order valence-corrected chi connectivity index (χ2v) is 14.8. The number of aryl methyl sites for hydroxylation is 5. The van der Waals surface area contributed by atoms with Gasteiger partial charge in [-0.15, -0.1) is 0 Å². The molecule has 0 heterocycles. The number of carbonyl (C=O) groups is 2. The number of rotatable bonds is 12. The maximum Gasteiger partial charge on any atom is 0.248 e. The first kappa shape index (κ1) is 41.6. The third-order valence-electron chi connectivity index (χ3n) is 10.3. The molecule has 6 aromatic rings. The summed E-state index contributed by atoms with van der Waals surface area (Å²) < 4.78 is 0. The molecule has 6 rings (SSSR count). The maximum absolute atomic E-state index is 13.3. The Hall–Kier alpha value is -5.53. The SMILES string of the molecule is Cc1ccc(CCN(C(=O)C(N)c2ccccc2)c2ccc(C)c(C)c2)cc1.Cc1ccc(N(CCc2ccc(Cl)cc2)C(=O)C(N)c2ccccc2)cc1C. The summed E-state index contributed by atoms with van der Waals surface area (Å²) in [5, 5.41) is 0.706. The van der Waals surface area contributed by atoms with Gasteiger partial charge in [0.05, 0.1) is 0 Å². The minimum Gasteiger partial charge on any atom is -0.316 e. The van der Waals surface area contributed by atoms with Crippen molar-refractivity contribution in [3.63, 3.8) is 0 Å². The number of halogens is 1. The number of anilines is 2. The van der Waals surface area contributed by atoms with Crippen molar-refractivity contribution in [2.24, 2.45) is 11.5 Å². The smallest absolute Gasteiger partial charge is 0.248 e. The van der Waals surface area contributed by atoms with Crippen molar-refractivity contribution in [2.45, 2.75) is 59.5 Å². The molecule has 7 heteroatoms. The van der Waals surface area contributed by atoms with E-state index in [2.05, 4.69) is 71.0 Å². The van der Waals surface area contributed by atoms with E-state index in [0.29, 0.717) is 18.1 Å². The zero-order valence-electron chi connectivity index (χ0n) is 33.1. The molecule has 0 aromatic heterocycles. The number of nitrogens with two attached hydrogens (primary N) is 2. The quantitative estimate of drug-likeness (QED) is 0.130. The first-order valence-electron chi connectivity index (χ1n) is 19.1. The summed E-state index contributed by atoms with van der Waals surface area (Å²) in [5.41, 5.74) is 24.4. The molecule has 0 radical (unpaired) electrons. The molecule has 0 aliphatic rings. The Bertz CT molecular complexity index is 2030. The highest BCUT2D eigenvalue weighted by Gasteiger charge is 2.25. The van der Waals surface area contributed by atoms with Gasteiger partial charge in [-0.3, -0.25) is 9.59 Å². The average Bonchev–Trinajstić information content (AvgIpc) is 3.22. The summed E-state index contributed by atoms with van der Waals surface area (Å²) in [6, 6.07) is 46.1. The van der Waals surface area contributed by atoms with Gasteiger partial charge in [0, 0.05) is 29.5 Å². The van der Waals surface area contributed by atoms with Gasteiger partial charge in [-0.05, 0) is 128 Å². The fourth-order valence-electron chi connectivity index (χ4n) is 6.35. The number of hydrogen-bond acceptors (Lipinski definition) is 4. The second-order valence-electron chi connectivity index (χ2n) is 14.4. The van der Waals surface area contributed by atoms with E-state index < -0.39 is 12.1 Å². The molecule has 2 unspecified atom stereocenters. The van der Waals surface area contributed by atoms with Crippen molar-refractivity contribution in [3.8, 4) is 0 Å². The van der Waals surface area contributed by atoms with E-state index in [9.17, 15) is 9.59 Å². The van der Waals surface area contributed by atoms with Crippen LogP contribution in [0.25, 0.3) is 0 Å². The van der Waals surface area contributed by atoms with Crippen LogP contribution in [-0.4, -0.2) is 24.9 Å². The van der Waals surface area contributed by atoms with E-state index in [0.717, 1.165) is 46.5 Å². The number of nitrogens with zero attached hydrogens (tertiary/aromatic N) is 2. The van der Waals surface area contributed by atoms with Gasteiger partial charge in [-0.2, -0.15) is 0 Å². The summed E-state index contributed by atoms with van der Waals surface area (Å²) in [6.07, 6.45) is 1.50. The van der Waals surface area contributed by atoms with Gasteiger partial charge in [-0.1, -0.05) is 126 Å². The minimum atomic E-state index is -0.701. The summed E-state index contributed by atoms with van der Waals surface area (Å²) >= 11 is 5.98. The Labute approximate surface area is 337 Å². The minimum absolute atomic E-state index is 0.0819. The van der Waals surface area contributed by atoms with Crippen LogP contribution in [0.3, 0.4) is 0 Å². The lowest BCUT2D eigenvalue weighted by Gasteiger charge is -2.27. The lowest BCUT2D eigenvalue weighted by molar-refractivity contribution is -0.120. The second kappa shape index (κ2) is 19.9. The van der Waals surface area contributed by atoms with Crippen LogP contribution >= 0.6 is 11.6 Å². The number of hydrogen-bond donors (Lipinski definition) is 2. The zero-order chi connectivity index (χ0) is 40.2. The van der Waals surface area contributed by atoms with Gasteiger partial charge in [-0.25, -0.2) is 0 Å². The molecule has 0 spiro atoms. The van der Waals surface area contributed by atoms with Gasteiger partial charge in [0.2, 0.25) is 11.8 Å². The predicted molar refractivity (Wildman–Crippen MR) is 233 cm³/mol. The van der Waals surface area contributed by atoms with E-state index in [1.54, 1.807) is 4.90 Å². The van der Waals surface area contributed by atoms with Crippen LogP contribution in [0.4, 0.5) is 11.4 Å². The lowest BCUT2D eigenvalue weighted by atomic mass is 10.0. The van der Waals surface area contributed by atoms with Crippen LogP contribution in [0.15, 0.2) is 146 Å². The molecule has 6 nitrogen and oxygen atoms in total. The molecule has 6 aromatic carbocycles. The highest BCUT2D eigenvalue weighted by Crippen LogP contribution is 2.25. The van der Waals surface area contributed by atoms with Crippen LogP contribution in [-0.2, 0) is 22.4 Å². The molecule has 0 saturated carbocycles. The van der Waals surface area contributed by atoms with E-state index in [-0.39, 0.29) is 11.8 Å². The number of amides is 2. The van der Waals surface area contributed by atoms with Crippen LogP contribution < -0.4 is 21.3 Å². The van der Waals surface area contributed by atoms with Gasteiger partial charge in [0.25, 0.3) is 0 Å². The van der Waals surface area contributed by atoms with Gasteiger partial charge in [0.15, 0.2) is 0 Å². The number of carbonyl (C=O) groups excluding carboxylic acids is 2. The molecular weight excluding hydrogens is 712 g/mol. The molecule has 288 valence electrons. The van der Waals surface area contributed by atoms with Gasteiger partial charge < -0.3 is 21.3 Å². The Kier molecular flexibility index (Phi) is 14.8. The van der Waals surface area contributed by atoms with E-state index in [1.807, 2.05) is 114 Å². The normalized spacial score (nSPS) is 11.9. The summed E-state index contributed by atoms with van der Waals surface area (Å²) in [6.45, 7) is 11.5. The van der Waals surface area contributed by atoms with E-state index in [4.69, 9.17) is 23.1 Å². The van der Waals surface area contributed by atoms with Crippen LogP contribution in [0.1, 0.15) is 62.2 Å². The lowest BCUT2D eigenvalue weighted by Crippen LogP contribution is -2.40.